The number of rotatable bonds is 6. The molecule has 2 aromatic carbocycles. The zero-order valence-corrected chi connectivity index (χ0v) is 16.8. The number of nitrogens with one attached hydrogen (secondary N) is 1. The van der Waals surface area contributed by atoms with Crippen LogP contribution in [0.15, 0.2) is 58.5 Å². The van der Waals surface area contributed by atoms with Gasteiger partial charge in [-0.3, -0.25) is 4.79 Å². The Hall–Kier alpha value is -2.92. The normalized spacial score (nSPS) is 11.1. The number of furan rings is 1. The lowest BCUT2D eigenvalue weighted by Crippen LogP contribution is -2.13. The van der Waals surface area contributed by atoms with Gasteiger partial charge in [-0.1, -0.05) is 49.7 Å². The Morgan fingerprint density at radius 2 is 2.00 bits per heavy atom. The van der Waals surface area contributed by atoms with Gasteiger partial charge in [0, 0.05) is 21.9 Å². The predicted octanol–water partition coefficient (Wildman–Crippen LogP) is 6.00. The fourth-order valence-corrected chi connectivity index (χ4v) is 3.99. The van der Waals surface area contributed by atoms with Crippen molar-refractivity contribution in [3.05, 3.63) is 70.8 Å². The van der Waals surface area contributed by atoms with Gasteiger partial charge in [-0.25, -0.2) is 4.98 Å². The molecule has 1 N–H and O–H groups in total. The summed E-state index contributed by atoms with van der Waals surface area (Å²) < 4.78 is 5.58. The van der Waals surface area contributed by atoms with E-state index in [0.717, 1.165) is 46.2 Å². The van der Waals surface area contributed by atoms with Crippen LogP contribution >= 0.6 is 11.3 Å². The number of carbonyl (C=O) groups excluding carboxylic acids is 1. The van der Waals surface area contributed by atoms with E-state index in [-0.39, 0.29) is 12.3 Å². The standard InChI is InChI=1S/C23H22N2O2S/c1-3-4-16-6-8-17(9-7-16)20-14-28-23(24-20)25-22(26)12-18-13-27-21-11-15(2)5-10-19(18)21/h5-11,13-14H,3-4,12H2,1-2H3,(H,24,25,26). The minimum absolute atomic E-state index is 0.0949. The zero-order chi connectivity index (χ0) is 19.5. The molecule has 2 heterocycles. The van der Waals surface area contributed by atoms with Gasteiger partial charge in [-0.15, -0.1) is 11.3 Å². The average Bonchev–Trinajstić information content (AvgIpc) is 3.30. The molecule has 0 fully saturated rings. The lowest BCUT2D eigenvalue weighted by Gasteiger charge is -2.02. The second-order valence-electron chi connectivity index (χ2n) is 6.97. The summed E-state index contributed by atoms with van der Waals surface area (Å²) in [4.78, 5) is 17.0. The highest BCUT2D eigenvalue weighted by atomic mass is 32.1. The van der Waals surface area contributed by atoms with Crippen LogP contribution in [0.4, 0.5) is 5.13 Å². The Balaban J connectivity index is 1.43. The molecule has 0 saturated heterocycles. The largest absolute Gasteiger partial charge is 0.464 e. The van der Waals surface area contributed by atoms with Crippen LogP contribution in [-0.4, -0.2) is 10.9 Å². The molecule has 0 radical (unpaired) electrons. The molecular weight excluding hydrogens is 368 g/mol. The van der Waals surface area contributed by atoms with Gasteiger partial charge in [0.1, 0.15) is 5.58 Å². The molecule has 28 heavy (non-hydrogen) atoms. The molecule has 0 atom stereocenters. The van der Waals surface area contributed by atoms with E-state index in [9.17, 15) is 4.79 Å². The number of thiazole rings is 1. The van der Waals surface area contributed by atoms with Crippen LogP contribution in [-0.2, 0) is 17.6 Å². The number of anilines is 1. The van der Waals surface area contributed by atoms with Crippen LogP contribution in [0.2, 0.25) is 0 Å². The van der Waals surface area contributed by atoms with E-state index in [0.29, 0.717) is 5.13 Å². The lowest BCUT2D eigenvalue weighted by atomic mass is 10.1. The van der Waals surface area contributed by atoms with Crippen molar-refractivity contribution in [2.75, 3.05) is 5.32 Å². The SMILES string of the molecule is CCCc1ccc(-c2csc(NC(=O)Cc3coc4cc(C)ccc34)n2)cc1. The van der Waals surface area contributed by atoms with Crippen molar-refractivity contribution in [3.63, 3.8) is 0 Å². The van der Waals surface area contributed by atoms with Crippen LogP contribution in [0.25, 0.3) is 22.2 Å². The first kappa shape index (κ1) is 18.4. The summed E-state index contributed by atoms with van der Waals surface area (Å²) in [5.41, 5.74) is 6.11. The van der Waals surface area contributed by atoms with Crippen LogP contribution in [0.1, 0.15) is 30.0 Å². The van der Waals surface area contributed by atoms with Crippen LogP contribution in [0, 0.1) is 6.92 Å². The van der Waals surface area contributed by atoms with Crippen molar-refractivity contribution in [1.29, 1.82) is 0 Å². The van der Waals surface area contributed by atoms with E-state index in [1.165, 1.54) is 16.9 Å². The van der Waals surface area contributed by atoms with Crippen molar-refractivity contribution in [3.8, 4) is 11.3 Å². The Kier molecular flexibility index (Phi) is 5.26. The minimum Gasteiger partial charge on any atom is -0.464 e. The molecule has 1 amide bonds. The number of aromatic nitrogens is 1. The number of fused-ring (bicyclic) bond motifs is 1. The maximum atomic E-state index is 12.5. The number of amides is 1. The van der Waals surface area contributed by atoms with E-state index in [1.54, 1.807) is 6.26 Å². The fourth-order valence-electron chi connectivity index (χ4n) is 3.26. The quantitative estimate of drug-likeness (QED) is 0.439. The van der Waals surface area contributed by atoms with Crippen LogP contribution < -0.4 is 5.32 Å². The van der Waals surface area contributed by atoms with Crippen molar-refractivity contribution in [2.24, 2.45) is 0 Å². The molecular formula is C23H22N2O2S. The summed E-state index contributed by atoms with van der Waals surface area (Å²) in [7, 11) is 0. The maximum Gasteiger partial charge on any atom is 0.230 e. The smallest absolute Gasteiger partial charge is 0.230 e. The average molecular weight is 391 g/mol. The lowest BCUT2D eigenvalue weighted by molar-refractivity contribution is -0.115. The van der Waals surface area contributed by atoms with Crippen molar-refractivity contribution < 1.29 is 9.21 Å². The Morgan fingerprint density at radius 3 is 2.79 bits per heavy atom. The Morgan fingerprint density at radius 1 is 1.18 bits per heavy atom. The first-order valence-electron chi connectivity index (χ1n) is 9.44. The summed E-state index contributed by atoms with van der Waals surface area (Å²) >= 11 is 1.44. The number of nitrogens with zero attached hydrogens (tertiary/aromatic N) is 1. The second-order valence-corrected chi connectivity index (χ2v) is 7.83. The molecule has 4 nitrogen and oxygen atoms in total. The van der Waals surface area contributed by atoms with E-state index in [2.05, 4.69) is 41.5 Å². The summed E-state index contributed by atoms with van der Waals surface area (Å²) in [5, 5.41) is 6.47. The predicted molar refractivity (Wildman–Crippen MR) is 115 cm³/mol. The van der Waals surface area contributed by atoms with Crippen molar-refractivity contribution in [2.45, 2.75) is 33.1 Å². The highest BCUT2D eigenvalue weighted by molar-refractivity contribution is 7.14. The van der Waals surface area contributed by atoms with Gasteiger partial charge in [0.2, 0.25) is 5.91 Å². The van der Waals surface area contributed by atoms with Gasteiger partial charge in [-0.05, 0) is 30.5 Å². The third-order valence-electron chi connectivity index (χ3n) is 4.70. The van der Waals surface area contributed by atoms with Crippen LogP contribution in [0.5, 0.6) is 0 Å². The fraction of sp³-hybridized carbons (Fsp3) is 0.217. The summed E-state index contributed by atoms with van der Waals surface area (Å²) in [6.07, 6.45) is 4.14. The van der Waals surface area contributed by atoms with Gasteiger partial charge in [0.15, 0.2) is 5.13 Å². The number of hydrogen-bond acceptors (Lipinski definition) is 4. The van der Waals surface area contributed by atoms with Gasteiger partial charge in [0.05, 0.1) is 18.4 Å². The summed E-state index contributed by atoms with van der Waals surface area (Å²) in [6.45, 7) is 4.20. The number of aryl methyl sites for hydroxylation is 2. The monoisotopic (exact) mass is 390 g/mol. The minimum atomic E-state index is -0.0949. The molecule has 0 aliphatic carbocycles. The van der Waals surface area contributed by atoms with Gasteiger partial charge in [0.25, 0.3) is 0 Å². The first-order valence-corrected chi connectivity index (χ1v) is 10.3. The Labute approximate surface area is 168 Å². The molecule has 0 saturated carbocycles. The number of carbonyl (C=O) groups is 1. The summed E-state index contributed by atoms with van der Waals surface area (Å²) in [5.74, 6) is -0.0949. The molecule has 5 heteroatoms. The van der Waals surface area contributed by atoms with Crippen LogP contribution in [0.3, 0.4) is 0 Å². The molecule has 0 spiro atoms. The third-order valence-corrected chi connectivity index (χ3v) is 5.46. The van der Waals surface area contributed by atoms with Gasteiger partial charge < -0.3 is 9.73 Å². The first-order chi connectivity index (χ1) is 13.6. The van der Waals surface area contributed by atoms with Gasteiger partial charge in [-0.2, -0.15) is 0 Å². The molecule has 4 aromatic rings. The molecule has 0 aliphatic heterocycles. The summed E-state index contributed by atoms with van der Waals surface area (Å²) in [6, 6.07) is 14.5. The second kappa shape index (κ2) is 7.98. The molecule has 2 aromatic heterocycles. The highest BCUT2D eigenvalue weighted by Crippen LogP contribution is 2.26. The molecule has 0 aliphatic rings. The van der Waals surface area contributed by atoms with Crippen molar-refractivity contribution >= 4 is 33.3 Å². The maximum absolute atomic E-state index is 12.5. The molecule has 0 bridgehead atoms. The van der Waals surface area contributed by atoms with Crippen molar-refractivity contribution in [1.82, 2.24) is 4.98 Å². The topological polar surface area (TPSA) is 55.1 Å². The zero-order valence-electron chi connectivity index (χ0n) is 16.0. The third kappa shape index (κ3) is 3.99. The van der Waals surface area contributed by atoms with Gasteiger partial charge >= 0.3 is 0 Å². The number of benzene rings is 2. The van der Waals surface area contributed by atoms with E-state index >= 15 is 0 Å². The molecule has 142 valence electrons. The Bertz CT molecular complexity index is 1110. The van der Waals surface area contributed by atoms with E-state index < -0.39 is 0 Å². The highest BCUT2D eigenvalue weighted by Gasteiger charge is 2.13. The van der Waals surface area contributed by atoms with E-state index in [1.807, 2.05) is 30.5 Å². The molecule has 4 rings (SSSR count). The number of hydrogen-bond donors (Lipinski definition) is 1. The van der Waals surface area contributed by atoms with E-state index in [4.69, 9.17) is 4.42 Å². The molecule has 0 unspecified atom stereocenters.